The van der Waals surface area contributed by atoms with Gasteiger partial charge in [-0.2, -0.15) is 0 Å². The van der Waals surface area contributed by atoms with Crippen LogP contribution in [-0.4, -0.2) is 36.4 Å². The van der Waals surface area contributed by atoms with Crippen LogP contribution in [0.4, 0.5) is 0 Å². The fourth-order valence-electron chi connectivity index (χ4n) is 4.25. The van der Waals surface area contributed by atoms with E-state index in [-0.39, 0.29) is 29.6 Å². The standard InChI is InChI=1S/C23H28N2O3.Na/c1-16-14-25(15-20(23(27)28)12-17-6-3-2-4-7-17)11-10-21(16)18-8-5-9-19(13-18)22(24)26;/h2-9,13,16,20-21H,10-12,14-15H2,1H3,(H2,24,26)(H,27,28);/q;+1/p-1. The van der Waals surface area contributed by atoms with Gasteiger partial charge in [-0.3, -0.25) is 4.79 Å². The zero-order valence-electron chi connectivity index (χ0n) is 17.2. The topological polar surface area (TPSA) is 86.5 Å². The SMILES string of the molecule is CC1CN(CC(Cc2ccccc2)C(=O)[O-])CCC1c1cccc(C(N)=O)c1.[Na+]. The predicted octanol–water partition coefficient (Wildman–Crippen LogP) is -1.18. The van der Waals surface area contributed by atoms with Gasteiger partial charge in [-0.15, -0.1) is 0 Å². The summed E-state index contributed by atoms with van der Waals surface area (Å²) in [7, 11) is 0. The number of amides is 1. The maximum Gasteiger partial charge on any atom is 1.00 e. The Bertz CT molecular complexity index is 828. The van der Waals surface area contributed by atoms with Crippen molar-refractivity contribution in [1.29, 1.82) is 0 Å². The minimum absolute atomic E-state index is 0. The number of nitrogens with two attached hydrogens (primary N) is 1. The van der Waals surface area contributed by atoms with Gasteiger partial charge >= 0.3 is 29.6 Å². The maximum absolute atomic E-state index is 11.7. The Morgan fingerprint density at radius 1 is 1.17 bits per heavy atom. The molecule has 0 aromatic heterocycles. The molecule has 1 aliphatic heterocycles. The van der Waals surface area contributed by atoms with Crippen LogP contribution in [0.1, 0.15) is 40.7 Å². The van der Waals surface area contributed by atoms with Crippen LogP contribution in [0, 0.1) is 11.8 Å². The largest absolute Gasteiger partial charge is 1.00 e. The van der Waals surface area contributed by atoms with E-state index in [1.807, 2.05) is 48.5 Å². The normalized spacial score (nSPS) is 20.4. The third kappa shape index (κ3) is 6.41. The molecule has 3 unspecified atom stereocenters. The number of hydrogen-bond donors (Lipinski definition) is 1. The number of nitrogens with zero attached hydrogens (tertiary/aromatic N) is 1. The molecule has 1 amide bonds. The van der Waals surface area contributed by atoms with Gasteiger partial charge in [0, 0.05) is 30.5 Å². The molecule has 2 aromatic rings. The minimum Gasteiger partial charge on any atom is -0.550 e. The van der Waals surface area contributed by atoms with Gasteiger partial charge in [0.25, 0.3) is 0 Å². The molecule has 0 bridgehead atoms. The van der Waals surface area contributed by atoms with E-state index < -0.39 is 17.8 Å². The Hall–Kier alpha value is -1.66. The summed E-state index contributed by atoms with van der Waals surface area (Å²) in [5.41, 5.74) is 8.09. The number of carboxylic acids is 1. The van der Waals surface area contributed by atoms with Gasteiger partial charge in [0.1, 0.15) is 0 Å². The second-order valence-corrected chi connectivity index (χ2v) is 7.83. The minimum atomic E-state index is -0.993. The predicted molar refractivity (Wildman–Crippen MR) is 107 cm³/mol. The van der Waals surface area contributed by atoms with Crippen LogP contribution < -0.4 is 40.4 Å². The molecule has 1 fully saturated rings. The monoisotopic (exact) mass is 402 g/mol. The summed E-state index contributed by atoms with van der Waals surface area (Å²) in [6, 6.07) is 17.2. The number of carboxylic acid groups (broad SMARTS) is 1. The summed E-state index contributed by atoms with van der Waals surface area (Å²) >= 11 is 0. The molecule has 0 aliphatic carbocycles. The van der Waals surface area contributed by atoms with Crippen molar-refractivity contribution in [2.75, 3.05) is 19.6 Å². The number of primary amides is 1. The van der Waals surface area contributed by atoms with Crippen LogP contribution in [0.5, 0.6) is 0 Å². The Kier molecular flexibility index (Phi) is 8.90. The molecule has 3 atom stereocenters. The summed E-state index contributed by atoms with van der Waals surface area (Å²) in [6.07, 6.45) is 1.41. The number of hydrogen-bond acceptors (Lipinski definition) is 4. The Labute approximate surface area is 194 Å². The van der Waals surface area contributed by atoms with Crippen LogP contribution in [-0.2, 0) is 11.2 Å². The van der Waals surface area contributed by atoms with Crippen LogP contribution in [0.3, 0.4) is 0 Å². The zero-order valence-corrected chi connectivity index (χ0v) is 19.2. The number of aliphatic carboxylic acids is 1. The van der Waals surface area contributed by atoms with Gasteiger partial charge in [0.2, 0.25) is 5.91 Å². The third-order valence-corrected chi connectivity index (χ3v) is 5.73. The number of carbonyl (C=O) groups is 2. The summed E-state index contributed by atoms with van der Waals surface area (Å²) in [6.45, 7) is 4.33. The number of piperidine rings is 1. The van der Waals surface area contributed by atoms with Gasteiger partial charge in [-0.05, 0) is 54.5 Å². The molecular weight excluding hydrogens is 375 g/mol. The molecule has 0 radical (unpaired) electrons. The molecule has 1 aliphatic rings. The molecule has 2 aromatic carbocycles. The van der Waals surface area contributed by atoms with E-state index in [2.05, 4.69) is 11.8 Å². The van der Waals surface area contributed by atoms with Crippen LogP contribution in [0.15, 0.2) is 54.6 Å². The fourth-order valence-corrected chi connectivity index (χ4v) is 4.25. The van der Waals surface area contributed by atoms with Crippen LogP contribution in [0.25, 0.3) is 0 Å². The first-order valence-electron chi connectivity index (χ1n) is 9.81. The zero-order chi connectivity index (χ0) is 20.1. The number of benzene rings is 2. The van der Waals surface area contributed by atoms with Crippen LogP contribution >= 0.6 is 0 Å². The number of rotatable bonds is 7. The van der Waals surface area contributed by atoms with Gasteiger partial charge in [0.05, 0.1) is 0 Å². The van der Waals surface area contributed by atoms with Gasteiger partial charge in [-0.25, -0.2) is 0 Å². The van der Waals surface area contributed by atoms with E-state index in [0.717, 1.165) is 30.6 Å². The average molecular weight is 402 g/mol. The first kappa shape index (κ1) is 23.6. The summed E-state index contributed by atoms with van der Waals surface area (Å²) < 4.78 is 0. The van der Waals surface area contributed by atoms with Crippen molar-refractivity contribution in [2.24, 2.45) is 17.6 Å². The molecule has 6 heteroatoms. The van der Waals surface area contributed by atoms with Crippen LogP contribution in [0.2, 0.25) is 0 Å². The number of carbonyl (C=O) groups excluding carboxylic acids is 2. The van der Waals surface area contributed by atoms with Gasteiger partial charge < -0.3 is 20.5 Å². The molecule has 1 heterocycles. The molecule has 29 heavy (non-hydrogen) atoms. The van der Waals surface area contributed by atoms with Gasteiger partial charge in [-0.1, -0.05) is 49.4 Å². The molecule has 1 saturated heterocycles. The van der Waals surface area contributed by atoms with Crippen molar-refractivity contribution in [1.82, 2.24) is 4.90 Å². The van der Waals surface area contributed by atoms with Crippen molar-refractivity contribution < 1.29 is 44.3 Å². The summed E-state index contributed by atoms with van der Waals surface area (Å²) in [5.74, 6) is -1.23. The molecule has 148 valence electrons. The smallest absolute Gasteiger partial charge is 0.550 e. The maximum atomic E-state index is 11.7. The Morgan fingerprint density at radius 3 is 2.52 bits per heavy atom. The third-order valence-electron chi connectivity index (χ3n) is 5.73. The van der Waals surface area contributed by atoms with E-state index >= 15 is 0 Å². The molecule has 0 saturated carbocycles. The first-order valence-corrected chi connectivity index (χ1v) is 9.81. The second-order valence-electron chi connectivity index (χ2n) is 7.83. The van der Waals surface area contributed by atoms with E-state index in [0.29, 0.717) is 30.4 Å². The summed E-state index contributed by atoms with van der Waals surface area (Å²) in [4.78, 5) is 25.3. The van der Waals surface area contributed by atoms with Crippen molar-refractivity contribution in [3.05, 3.63) is 71.3 Å². The first-order chi connectivity index (χ1) is 13.4. The van der Waals surface area contributed by atoms with Crippen molar-refractivity contribution in [3.8, 4) is 0 Å². The van der Waals surface area contributed by atoms with E-state index in [4.69, 9.17) is 5.73 Å². The van der Waals surface area contributed by atoms with Gasteiger partial charge in [0.15, 0.2) is 0 Å². The molecule has 3 rings (SSSR count). The quantitative estimate of drug-likeness (QED) is 0.591. The van der Waals surface area contributed by atoms with E-state index in [1.165, 1.54) is 0 Å². The van der Waals surface area contributed by atoms with Crippen molar-refractivity contribution in [2.45, 2.75) is 25.7 Å². The number of likely N-dealkylation sites (tertiary alicyclic amines) is 1. The Balaban J connectivity index is 0.00000300. The van der Waals surface area contributed by atoms with Crippen molar-refractivity contribution in [3.63, 3.8) is 0 Å². The van der Waals surface area contributed by atoms with Crippen molar-refractivity contribution >= 4 is 11.9 Å². The Morgan fingerprint density at radius 2 is 1.90 bits per heavy atom. The second kappa shape index (κ2) is 10.9. The van der Waals surface area contributed by atoms with E-state index in [1.54, 1.807) is 6.07 Å². The fraction of sp³-hybridized carbons (Fsp3) is 0.391. The molecule has 0 spiro atoms. The van der Waals surface area contributed by atoms with E-state index in [9.17, 15) is 14.7 Å². The molecule has 2 N–H and O–H groups in total. The average Bonchev–Trinajstić information content (AvgIpc) is 2.68. The molecule has 5 nitrogen and oxygen atoms in total. The summed E-state index contributed by atoms with van der Waals surface area (Å²) in [5, 5.41) is 11.7. The molecular formula is C23H27N2NaO3.